The highest BCUT2D eigenvalue weighted by Crippen LogP contribution is 2.44. The van der Waals surface area contributed by atoms with Crippen molar-refractivity contribution in [3.05, 3.63) is 59.7 Å². The minimum absolute atomic E-state index is 0.0366. The molecule has 186 valence electrons. The summed E-state index contributed by atoms with van der Waals surface area (Å²) < 4.78 is 5.67. The lowest BCUT2D eigenvalue weighted by atomic mass is 9.83. The molecule has 2 aromatic carbocycles. The van der Waals surface area contributed by atoms with Gasteiger partial charge >= 0.3 is 12.1 Å². The quantitative estimate of drug-likeness (QED) is 0.510. The normalized spacial score (nSPS) is 20.7. The van der Waals surface area contributed by atoms with Crippen LogP contribution >= 0.6 is 0 Å². The Bertz CT molecular complexity index is 1040. The predicted molar refractivity (Wildman–Crippen MR) is 133 cm³/mol. The van der Waals surface area contributed by atoms with E-state index in [-0.39, 0.29) is 30.4 Å². The molecule has 0 spiro atoms. The van der Waals surface area contributed by atoms with Gasteiger partial charge in [-0.05, 0) is 41.0 Å². The van der Waals surface area contributed by atoms with Gasteiger partial charge in [0.2, 0.25) is 5.91 Å². The van der Waals surface area contributed by atoms with E-state index in [1.165, 1.54) is 0 Å². The van der Waals surface area contributed by atoms with Gasteiger partial charge in [-0.2, -0.15) is 0 Å². The van der Waals surface area contributed by atoms with Crippen LogP contribution in [0, 0.1) is 11.8 Å². The van der Waals surface area contributed by atoms with Crippen LogP contribution in [0.1, 0.15) is 63.0 Å². The van der Waals surface area contributed by atoms with Gasteiger partial charge in [0.15, 0.2) is 0 Å². The smallest absolute Gasteiger partial charge is 0.407 e. The first-order chi connectivity index (χ1) is 16.9. The maximum absolute atomic E-state index is 13.0. The monoisotopic (exact) mass is 478 g/mol. The number of aliphatic carboxylic acids is 1. The van der Waals surface area contributed by atoms with Crippen molar-refractivity contribution >= 4 is 18.0 Å². The molecule has 3 N–H and O–H groups in total. The minimum Gasteiger partial charge on any atom is -0.480 e. The van der Waals surface area contributed by atoms with E-state index in [2.05, 4.69) is 34.9 Å². The molecule has 0 aliphatic heterocycles. The number of carbonyl (C=O) groups is 3. The number of carboxylic acids is 1. The van der Waals surface area contributed by atoms with Crippen LogP contribution in [-0.2, 0) is 14.3 Å². The van der Waals surface area contributed by atoms with E-state index in [4.69, 9.17) is 4.74 Å². The van der Waals surface area contributed by atoms with E-state index >= 15 is 0 Å². The van der Waals surface area contributed by atoms with Crippen molar-refractivity contribution < 1.29 is 24.2 Å². The molecule has 0 saturated heterocycles. The first-order valence-electron chi connectivity index (χ1n) is 12.5. The molecule has 4 unspecified atom stereocenters. The van der Waals surface area contributed by atoms with Gasteiger partial charge in [0.1, 0.15) is 12.6 Å². The maximum atomic E-state index is 13.0. The molecule has 4 rings (SSSR count). The SMILES string of the molecule is CCC(C)C(NC(=O)C1CCCCC1NC(=O)OCC1c2ccccc2-c2ccccc21)C(=O)O. The number of benzene rings is 2. The Morgan fingerprint density at radius 2 is 1.60 bits per heavy atom. The van der Waals surface area contributed by atoms with Crippen molar-refractivity contribution in [2.75, 3.05) is 6.61 Å². The molecule has 35 heavy (non-hydrogen) atoms. The Morgan fingerprint density at radius 3 is 2.20 bits per heavy atom. The number of carbonyl (C=O) groups excluding carboxylic acids is 2. The fourth-order valence-electron chi connectivity index (χ4n) is 5.35. The lowest BCUT2D eigenvalue weighted by molar-refractivity contribution is -0.144. The van der Waals surface area contributed by atoms with Crippen LogP contribution in [0.4, 0.5) is 4.79 Å². The minimum atomic E-state index is -1.04. The van der Waals surface area contributed by atoms with Crippen LogP contribution in [0.25, 0.3) is 11.1 Å². The standard InChI is InChI=1S/C28H34N2O5/c1-3-17(2)25(27(32)33)30-26(31)22-14-8-9-15-24(22)29-28(34)35-16-23-20-12-6-4-10-18(20)19-11-5-7-13-21(19)23/h4-7,10-13,17,22-25H,3,8-9,14-16H2,1-2H3,(H,29,34)(H,30,31)(H,32,33). The summed E-state index contributed by atoms with van der Waals surface area (Å²) in [6.45, 7) is 3.92. The number of carboxylic acid groups (broad SMARTS) is 1. The van der Waals surface area contributed by atoms with Crippen molar-refractivity contribution in [3.8, 4) is 11.1 Å². The Kier molecular flexibility index (Phi) is 7.73. The van der Waals surface area contributed by atoms with Crippen molar-refractivity contribution in [1.29, 1.82) is 0 Å². The molecule has 0 radical (unpaired) electrons. The Labute approximate surface area is 206 Å². The van der Waals surface area contributed by atoms with Gasteiger partial charge in [-0.25, -0.2) is 9.59 Å². The molecule has 2 amide bonds. The van der Waals surface area contributed by atoms with Gasteiger partial charge in [0.05, 0.1) is 5.92 Å². The number of amides is 2. The Hall–Kier alpha value is -3.35. The summed E-state index contributed by atoms with van der Waals surface area (Å²) in [6, 6.07) is 15.0. The van der Waals surface area contributed by atoms with Gasteiger partial charge in [-0.15, -0.1) is 0 Å². The fourth-order valence-corrected chi connectivity index (χ4v) is 5.35. The van der Waals surface area contributed by atoms with E-state index in [1.54, 1.807) is 0 Å². The summed E-state index contributed by atoms with van der Waals surface area (Å²) in [6.07, 6.45) is 3.11. The van der Waals surface area contributed by atoms with E-state index in [0.29, 0.717) is 19.3 Å². The Morgan fingerprint density at radius 1 is 1.00 bits per heavy atom. The van der Waals surface area contributed by atoms with E-state index in [1.807, 2.05) is 38.1 Å². The van der Waals surface area contributed by atoms with E-state index < -0.39 is 24.0 Å². The molecule has 0 bridgehead atoms. The third-order valence-electron chi connectivity index (χ3n) is 7.53. The lowest BCUT2D eigenvalue weighted by Gasteiger charge is -2.32. The van der Waals surface area contributed by atoms with Crippen LogP contribution < -0.4 is 10.6 Å². The first-order valence-corrected chi connectivity index (χ1v) is 12.5. The third-order valence-corrected chi connectivity index (χ3v) is 7.53. The highest BCUT2D eigenvalue weighted by atomic mass is 16.5. The van der Waals surface area contributed by atoms with Crippen molar-refractivity contribution in [1.82, 2.24) is 10.6 Å². The highest BCUT2D eigenvalue weighted by molar-refractivity contribution is 5.86. The number of ether oxygens (including phenoxy) is 1. The van der Waals surface area contributed by atoms with E-state index in [9.17, 15) is 19.5 Å². The molecular weight excluding hydrogens is 444 g/mol. The summed E-state index contributed by atoms with van der Waals surface area (Å²) in [7, 11) is 0. The van der Waals surface area contributed by atoms with E-state index in [0.717, 1.165) is 35.1 Å². The summed E-state index contributed by atoms with van der Waals surface area (Å²) in [4.78, 5) is 37.4. The zero-order chi connectivity index (χ0) is 24.9. The Balaban J connectivity index is 1.39. The van der Waals surface area contributed by atoms with Crippen LogP contribution in [-0.4, -0.2) is 41.8 Å². The molecule has 2 aliphatic carbocycles. The lowest BCUT2D eigenvalue weighted by Crippen LogP contribution is -2.53. The van der Waals surface area contributed by atoms with Crippen molar-refractivity contribution in [2.24, 2.45) is 11.8 Å². The largest absolute Gasteiger partial charge is 0.480 e. The molecule has 4 atom stereocenters. The zero-order valence-electron chi connectivity index (χ0n) is 20.3. The topological polar surface area (TPSA) is 105 Å². The van der Waals surface area contributed by atoms with Crippen LogP contribution in [0.5, 0.6) is 0 Å². The molecule has 1 saturated carbocycles. The van der Waals surface area contributed by atoms with Crippen LogP contribution in [0.15, 0.2) is 48.5 Å². The third kappa shape index (κ3) is 5.34. The number of fused-ring (bicyclic) bond motifs is 3. The van der Waals surface area contributed by atoms with Crippen LogP contribution in [0.3, 0.4) is 0 Å². The highest BCUT2D eigenvalue weighted by Gasteiger charge is 2.36. The van der Waals surface area contributed by atoms with Gasteiger partial charge in [0.25, 0.3) is 0 Å². The number of nitrogens with one attached hydrogen (secondary N) is 2. The van der Waals surface area contributed by atoms with Gasteiger partial charge in [-0.1, -0.05) is 81.6 Å². The second kappa shape index (κ2) is 10.9. The van der Waals surface area contributed by atoms with Gasteiger partial charge < -0.3 is 20.5 Å². The predicted octanol–water partition coefficient (Wildman–Crippen LogP) is 4.70. The molecule has 7 heteroatoms. The molecule has 2 aromatic rings. The van der Waals surface area contributed by atoms with Crippen LogP contribution in [0.2, 0.25) is 0 Å². The number of hydrogen-bond acceptors (Lipinski definition) is 4. The number of alkyl carbamates (subject to hydrolysis) is 1. The van der Waals surface area contributed by atoms with Gasteiger partial charge in [-0.3, -0.25) is 4.79 Å². The molecule has 0 aromatic heterocycles. The molecule has 0 heterocycles. The summed E-state index contributed by atoms with van der Waals surface area (Å²) in [5.74, 6) is -2.06. The number of rotatable bonds is 8. The summed E-state index contributed by atoms with van der Waals surface area (Å²) in [5.41, 5.74) is 4.60. The number of hydrogen-bond donors (Lipinski definition) is 3. The average Bonchev–Trinajstić information content (AvgIpc) is 3.19. The second-order valence-electron chi connectivity index (χ2n) is 9.68. The molecule has 1 fully saturated rings. The fraction of sp³-hybridized carbons (Fsp3) is 0.464. The van der Waals surface area contributed by atoms with Gasteiger partial charge in [0, 0.05) is 12.0 Å². The molecule has 7 nitrogen and oxygen atoms in total. The zero-order valence-corrected chi connectivity index (χ0v) is 20.3. The molecular formula is C28H34N2O5. The average molecular weight is 479 g/mol. The summed E-state index contributed by atoms with van der Waals surface area (Å²) in [5, 5.41) is 15.1. The molecule has 2 aliphatic rings. The first kappa shape index (κ1) is 24.8. The van der Waals surface area contributed by atoms with Crippen molar-refractivity contribution in [3.63, 3.8) is 0 Å². The maximum Gasteiger partial charge on any atom is 0.407 e. The van der Waals surface area contributed by atoms with Crippen molar-refractivity contribution in [2.45, 2.75) is 64.0 Å². The summed E-state index contributed by atoms with van der Waals surface area (Å²) >= 11 is 0. The second-order valence-corrected chi connectivity index (χ2v) is 9.68.